The minimum atomic E-state index is 0.326. The van der Waals surface area contributed by atoms with Gasteiger partial charge in [0.25, 0.3) is 0 Å². The van der Waals surface area contributed by atoms with Crippen LogP contribution in [0.2, 0.25) is 0 Å². The maximum absolute atomic E-state index is 12.0. The fourth-order valence-corrected chi connectivity index (χ4v) is 2.73. The summed E-state index contributed by atoms with van der Waals surface area (Å²) in [5.74, 6) is 1.71. The normalized spacial score (nSPS) is 22.7. The number of amides is 1. The van der Waals surface area contributed by atoms with Crippen molar-refractivity contribution in [2.45, 2.75) is 52.9 Å². The Bertz CT molecular complexity index is 247. The number of carbonyl (C=O) groups is 1. The summed E-state index contributed by atoms with van der Waals surface area (Å²) >= 11 is 5.67. The summed E-state index contributed by atoms with van der Waals surface area (Å²) in [6, 6.07) is 0. The highest BCUT2D eigenvalue weighted by Gasteiger charge is 2.29. The molecule has 1 fully saturated rings. The van der Waals surface area contributed by atoms with Crippen LogP contribution in [0.3, 0.4) is 0 Å². The molecule has 0 aromatic heterocycles. The Balaban J connectivity index is 2.46. The molecule has 2 nitrogen and oxygen atoms in total. The molecule has 1 atom stereocenters. The van der Waals surface area contributed by atoms with Gasteiger partial charge in [0, 0.05) is 25.4 Å². The molecular formula is C14H26ClNO. The number of rotatable bonds is 4. The van der Waals surface area contributed by atoms with Crippen molar-refractivity contribution >= 4 is 17.5 Å². The summed E-state index contributed by atoms with van der Waals surface area (Å²) in [7, 11) is 0. The Morgan fingerprint density at radius 1 is 1.29 bits per heavy atom. The zero-order chi connectivity index (χ0) is 12.9. The van der Waals surface area contributed by atoms with Crippen molar-refractivity contribution in [1.82, 2.24) is 4.90 Å². The summed E-state index contributed by atoms with van der Waals surface area (Å²) < 4.78 is 0. The lowest BCUT2D eigenvalue weighted by Crippen LogP contribution is -2.31. The highest BCUT2D eigenvalue weighted by atomic mass is 35.5. The third kappa shape index (κ3) is 4.87. The monoisotopic (exact) mass is 259 g/mol. The molecule has 0 N–H and O–H groups in total. The van der Waals surface area contributed by atoms with Crippen LogP contribution in [0.15, 0.2) is 0 Å². The number of hydrogen-bond donors (Lipinski definition) is 0. The second-order valence-electron chi connectivity index (χ2n) is 6.17. The molecule has 1 saturated heterocycles. The molecule has 0 radical (unpaired) electrons. The molecule has 17 heavy (non-hydrogen) atoms. The smallest absolute Gasteiger partial charge is 0.222 e. The summed E-state index contributed by atoms with van der Waals surface area (Å²) in [5.41, 5.74) is 0.326. The second kappa shape index (κ2) is 6.63. The molecule has 1 aliphatic heterocycles. The van der Waals surface area contributed by atoms with Crippen molar-refractivity contribution in [2.24, 2.45) is 11.3 Å². The number of nitrogens with zero attached hydrogens (tertiary/aromatic N) is 1. The Labute approximate surface area is 111 Å². The van der Waals surface area contributed by atoms with Crippen molar-refractivity contribution in [3.8, 4) is 0 Å². The summed E-state index contributed by atoms with van der Waals surface area (Å²) in [4.78, 5) is 14.0. The molecular weight excluding hydrogens is 234 g/mol. The molecule has 0 spiro atoms. The standard InChI is InChI=1S/C14H26ClNO/c1-14(2,3)12-6-7-13(17)16(11-8-12)10-5-4-9-15/h12H,4-11H2,1-3H3. The van der Waals surface area contributed by atoms with Gasteiger partial charge in [0.05, 0.1) is 0 Å². The molecule has 0 aliphatic carbocycles. The van der Waals surface area contributed by atoms with Gasteiger partial charge < -0.3 is 4.90 Å². The number of unbranched alkanes of at least 4 members (excludes halogenated alkanes) is 1. The van der Waals surface area contributed by atoms with E-state index in [4.69, 9.17) is 11.6 Å². The van der Waals surface area contributed by atoms with Crippen molar-refractivity contribution in [3.05, 3.63) is 0 Å². The number of hydrogen-bond acceptors (Lipinski definition) is 1. The molecule has 1 unspecified atom stereocenters. The summed E-state index contributed by atoms with van der Waals surface area (Å²) in [6.07, 6.45) is 4.97. The van der Waals surface area contributed by atoms with Crippen molar-refractivity contribution in [3.63, 3.8) is 0 Å². The minimum absolute atomic E-state index is 0.326. The SMILES string of the molecule is CC(C)(C)C1CCC(=O)N(CCCCCl)CC1. The largest absolute Gasteiger partial charge is 0.343 e. The van der Waals surface area contributed by atoms with Gasteiger partial charge in [0.2, 0.25) is 5.91 Å². The van der Waals surface area contributed by atoms with Crippen molar-refractivity contribution in [1.29, 1.82) is 0 Å². The molecule has 1 heterocycles. The second-order valence-corrected chi connectivity index (χ2v) is 6.55. The first-order valence-electron chi connectivity index (χ1n) is 6.79. The van der Waals surface area contributed by atoms with Gasteiger partial charge in [-0.2, -0.15) is 0 Å². The van der Waals surface area contributed by atoms with Gasteiger partial charge in [-0.05, 0) is 37.0 Å². The van der Waals surface area contributed by atoms with E-state index in [9.17, 15) is 4.79 Å². The van der Waals surface area contributed by atoms with Crippen LogP contribution < -0.4 is 0 Å². The summed E-state index contributed by atoms with van der Waals surface area (Å²) in [6.45, 7) is 8.67. The number of alkyl halides is 1. The van der Waals surface area contributed by atoms with Gasteiger partial charge in [-0.15, -0.1) is 11.6 Å². The predicted molar refractivity (Wildman–Crippen MR) is 73.3 cm³/mol. The van der Waals surface area contributed by atoms with E-state index >= 15 is 0 Å². The van der Waals surface area contributed by atoms with Crippen LogP contribution in [0.25, 0.3) is 0 Å². The van der Waals surface area contributed by atoms with Crippen LogP contribution in [0.1, 0.15) is 52.9 Å². The first-order valence-corrected chi connectivity index (χ1v) is 7.32. The van der Waals surface area contributed by atoms with Gasteiger partial charge in [-0.25, -0.2) is 0 Å². The molecule has 100 valence electrons. The van der Waals surface area contributed by atoms with Gasteiger partial charge >= 0.3 is 0 Å². The maximum atomic E-state index is 12.0. The Hall–Kier alpha value is -0.240. The Morgan fingerprint density at radius 3 is 2.59 bits per heavy atom. The van der Waals surface area contributed by atoms with E-state index in [0.29, 0.717) is 23.1 Å². The third-order valence-corrected chi connectivity index (χ3v) is 4.11. The van der Waals surface area contributed by atoms with E-state index in [0.717, 1.165) is 45.2 Å². The molecule has 1 aliphatic rings. The summed E-state index contributed by atoms with van der Waals surface area (Å²) in [5, 5.41) is 0. The quantitative estimate of drug-likeness (QED) is 0.557. The zero-order valence-corrected chi connectivity index (χ0v) is 12.2. The van der Waals surface area contributed by atoms with Crippen LogP contribution in [-0.2, 0) is 4.79 Å². The first kappa shape index (κ1) is 14.8. The van der Waals surface area contributed by atoms with Gasteiger partial charge in [-0.3, -0.25) is 4.79 Å². The maximum Gasteiger partial charge on any atom is 0.222 e. The molecule has 0 aromatic rings. The zero-order valence-electron chi connectivity index (χ0n) is 11.5. The van der Waals surface area contributed by atoms with E-state index in [2.05, 4.69) is 20.8 Å². The molecule has 0 saturated carbocycles. The lowest BCUT2D eigenvalue weighted by molar-refractivity contribution is -0.130. The van der Waals surface area contributed by atoms with Crippen LogP contribution in [-0.4, -0.2) is 29.8 Å². The van der Waals surface area contributed by atoms with Crippen LogP contribution in [0, 0.1) is 11.3 Å². The first-order chi connectivity index (χ1) is 7.95. The fourth-order valence-electron chi connectivity index (χ4n) is 2.54. The van der Waals surface area contributed by atoms with E-state index in [1.807, 2.05) is 4.90 Å². The predicted octanol–water partition coefficient (Wildman–Crippen LogP) is 3.68. The van der Waals surface area contributed by atoms with Gasteiger partial charge in [0.15, 0.2) is 0 Å². The minimum Gasteiger partial charge on any atom is -0.343 e. The highest BCUT2D eigenvalue weighted by Crippen LogP contribution is 2.34. The third-order valence-electron chi connectivity index (χ3n) is 3.84. The number of halogens is 1. The van der Waals surface area contributed by atoms with E-state index in [1.165, 1.54) is 0 Å². The molecule has 1 amide bonds. The fraction of sp³-hybridized carbons (Fsp3) is 0.929. The average molecular weight is 260 g/mol. The average Bonchev–Trinajstić information content (AvgIpc) is 2.41. The highest BCUT2D eigenvalue weighted by molar-refractivity contribution is 6.17. The van der Waals surface area contributed by atoms with Crippen LogP contribution in [0.4, 0.5) is 0 Å². The van der Waals surface area contributed by atoms with Gasteiger partial charge in [0.1, 0.15) is 0 Å². The van der Waals surface area contributed by atoms with Crippen LogP contribution in [0.5, 0.6) is 0 Å². The number of likely N-dealkylation sites (tertiary alicyclic amines) is 1. The molecule has 0 aromatic carbocycles. The Kier molecular flexibility index (Phi) is 5.78. The van der Waals surface area contributed by atoms with Crippen molar-refractivity contribution in [2.75, 3.05) is 19.0 Å². The molecule has 3 heteroatoms. The van der Waals surface area contributed by atoms with E-state index < -0.39 is 0 Å². The van der Waals surface area contributed by atoms with Crippen LogP contribution >= 0.6 is 11.6 Å². The van der Waals surface area contributed by atoms with Gasteiger partial charge in [-0.1, -0.05) is 20.8 Å². The lowest BCUT2D eigenvalue weighted by Gasteiger charge is -2.29. The van der Waals surface area contributed by atoms with E-state index in [1.54, 1.807) is 0 Å². The lowest BCUT2D eigenvalue weighted by atomic mass is 9.77. The Morgan fingerprint density at radius 2 is 2.00 bits per heavy atom. The number of carbonyl (C=O) groups excluding carboxylic acids is 1. The van der Waals surface area contributed by atoms with E-state index in [-0.39, 0.29) is 0 Å². The molecule has 1 rings (SSSR count). The molecule has 0 bridgehead atoms. The van der Waals surface area contributed by atoms with Crippen molar-refractivity contribution < 1.29 is 4.79 Å². The topological polar surface area (TPSA) is 20.3 Å².